The van der Waals surface area contributed by atoms with Gasteiger partial charge in [-0.25, -0.2) is 9.67 Å². The largest absolute Gasteiger partial charge is 0.346 e. The standard InChI is InChI=1S/C24H27N5O2/c1-14(2)28-17(5)10-20(18(28)6)22(30)12-27-13-25-23-21(24(27)31)11-26-29(23)19-8-15(3)7-16(4)9-19/h7-11,13-14H,12H2,1-6H3. The molecule has 3 aromatic heterocycles. The summed E-state index contributed by atoms with van der Waals surface area (Å²) in [5.41, 5.74) is 5.88. The molecule has 0 radical (unpaired) electrons. The van der Waals surface area contributed by atoms with Gasteiger partial charge in [0.15, 0.2) is 11.4 Å². The molecule has 0 aliphatic rings. The fourth-order valence-corrected chi connectivity index (χ4v) is 4.42. The van der Waals surface area contributed by atoms with Crippen molar-refractivity contribution in [2.24, 2.45) is 0 Å². The first-order valence-electron chi connectivity index (χ1n) is 10.4. The fraction of sp³-hybridized carbons (Fsp3) is 0.333. The molecule has 4 rings (SSSR count). The van der Waals surface area contributed by atoms with E-state index in [1.165, 1.54) is 17.1 Å². The number of nitrogens with zero attached hydrogens (tertiary/aromatic N) is 5. The maximum Gasteiger partial charge on any atom is 0.264 e. The summed E-state index contributed by atoms with van der Waals surface area (Å²) >= 11 is 0. The summed E-state index contributed by atoms with van der Waals surface area (Å²) in [5.74, 6) is -0.107. The van der Waals surface area contributed by atoms with Gasteiger partial charge < -0.3 is 4.57 Å². The number of benzene rings is 1. The lowest BCUT2D eigenvalue weighted by molar-refractivity contribution is 0.0970. The minimum atomic E-state index is -0.272. The molecule has 0 saturated carbocycles. The summed E-state index contributed by atoms with van der Waals surface area (Å²) in [4.78, 5) is 30.5. The van der Waals surface area contributed by atoms with E-state index in [0.717, 1.165) is 28.2 Å². The Hall–Kier alpha value is -3.48. The van der Waals surface area contributed by atoms with Crippen molar-refractivity contribution in [2.45, 2.75) is 54.1 Å². The minimum Gasteiger partial charge on any atom is -0.346 e. The number of carbonyl (C=O) groups is 1. The Morgan fingerprint density at radius 1 is 1.03 bits per heavy atom. The Labute approximate surface area is 181 Å². The van der Waals surface area contributed by atoms with E-state index < -0.39 is 0 Å². The van der Waals surface area contributed by atoms with E-state index in [-0.39, 0.29) is 23.9 Å². The summed E-state index contributed by atoms with van der Waals surface area (Å²) in [6, 6.07) is 8.24. The zero-order valence-corrected chi connectivity index (χ0v) is 18.8. The Morgan fingerprint density at radius 3 is 2.32 bits per heavy atom. The highest BCUT2D eigenvalue weighted by Crippen LogP contribution is 2.21. The van der Waals surface area contributed by atoms with Gasteiger partial charge in [-0.3, -0.25) is 14.2 Å². The third-order valence-electron chi connectivity index (χ3n) is 5.62. The molecule has 4 aromatic rings. The average molecular weight is 418 g/mol. The molecule has 0 aliphatic carbocycles. The van der Waals surface area contributed by atoms with Crippen molar-refractivity contribution < 1.29 is 4.79 Å². The van der Waals surface area contributed by atoms with Crippen LogP contribution in [-0.4, -0.2) is 29.7 Å². The first kappa shape index (κ1) is 20.8. The van der Waals surface area contributed by atoms with Gasteiger partial charge >= 0.3 is 0 Å². The number of ketones is 1. The highest BCUT2D eigenvalue weighted by atomic mass is 16.1. The first-order chi connectivity index (χ1) is 14.7. The zero-order chi connectivity index (χ0) is 22.4. The lowest BCUT2D eigenvalue weighted by Gasteiger charge is -2.13. The van der Waals surface area contributed by atoms with Crippen LogP contribution in [0.15, 0.2) is 41.6 Å². The molecule has 0 saturated heterocycles. The zero-order valence-electron chi connectivity index (χ0n) is 18.8. The van der Waals surface area contributed by atoms with E-state index in [9.17, 15) is 9.59 Å². The van der Waals surface area contributed by atoms with Crippen molar-refractivity contribution in [2.75, 3.05) is 0 Å². The second kappa shape index (κ2) is 7.65. The summed E-state index contributed by atoms with van der Waals surface area (Å²) < 4.78 is 5.16. The molecule has 7 nitrogen and oxygen atoms in total. The lowest BCUT2D eigenvalue weighted by Crippen LogP contribution is -2.25. The second-order valence-electron chi connectivity index (χ2n) is 8.49. The van der Waals surface area contributed by atoms with Gasteiger partial charge in [0.05, 0.1) is 18.4 Å². The molecule has 0 unspecified atom stereocenters. The molecule has 0 spiro atoms. The van der Waals surface area contributed by atoms with Gasteiger partial charge in [0.1, 0.15) is 11.7 Å². The Morgan fingerprint density at radius 2 is 1.71 bits per heavy atom. The third kappa shape index (κ3) is 3.60. The fourth-order valence-electron chi connectivity index (χ4n) is 4.42. The summed E-state index contributed by atoms with van der Waals surface area (Å²) in [5, 5.41) is 4.78. The summed E-state index contributed by atoms with van der Waals surface area (Å²) in [6.07, 6.45) is 2.96. The minimum absolute atomic E-state index is 0.0567. The molecule has 7 heteroatoms. The molecule has 31 heavy (non-hydrogen) atoms. The van der Waals surface area contributed by atoms with E-state index in [1.54, 1.807) is 4.68 Å². The van der Waals surface area contributed by atoms with Crippen LogP contribution in [0.1, 0.15) is 52.8 Å². The molecule has 3 heterocycles. The van der Waals surface area contributed by atoms with E-state index in [1.807, 2.05) is 45.9 Å². The van der Waals surface area contributed by atoms with Gasteiger partial charge in [-0.1, -0.05) is 6.07 Å². The molecular weight excluding hydrogens is 390 g/mol. The van der Waals surface area contributed by atoms with Gasteiger partial charge in [-0.15, -0.1) is 0 Å². The topological polar surface area (TPSA) is 74.7 Å². The number of fused-ring (bicyclic) bond motifs is 1. The van der Waals surface area contributed by atoms with Crippen LogP contribution in [0.5, 0.6) is 0 Å². The molecule has 0 atom stereocenters. The highest BCUT2D eigenvalue weighted by Gasteiger charge is 2.19. The van der Waals surface area contributed by atoms with Crippen molar-refractivity contribution in [1.29, 1.82) is 0 Å². The van der Waals surface area contributed by atoms with Crippen molar-refractivity contribution in [1.82, 2.24) is 23.9 Å². The molecule has 0 N–H and O–H groups in total. The predicted molar refractivity (Wildman–Crippen MR) is 121 cm³/mol. The van der Waals surface area contributed by atoms with Crippen LogP contribution in [0.25, 0.3) is 16.7 Å². The van der Waals surface area contributed by atoms with Crippen LogP contribution in [0, 0.1) is 27.7 Å². The number of hydrogen-bond acceptors (Lipinski definition) is 4. The second-order valence-corrected chi connectivity index (χ2v) is 8.49. The van der Waals surface area contributed by atoms with Gasteiger partial charge in [0, 0.05) is 23.0 Å². The number of carbonyl (C=O) groups excluding carboxylic acids is 1. The molecule has 160 valence electrons. The molecule has 0 bridgehead atoms. The van der Waals surface area contributed by atoms with E-state index in [0.29, 0.717) is 16.6 Å². The van der Waals surface area contributed by atoms with Crippen molar-refractivity contribution in [3.8, 4) is 5.69 Å². The molecule has 0 amide bonds. The van der Waals surface area contributed by atoms with Crippen LogP contribution >= 0.6 is 0 Å². The molecule has 1 aromatic carbocycles. The quantitative estimate of drug-likeness (QED) is 0.459. The monoisotopic (exact) mass is 417 g/mol. The van der Waals surface area contributed by atoms with E-state index >= 15 is 0 Å². The maximum atomic E-state index is 13.1. The lowest BCUT2D eigenvalue weighted by atomic mass is 10.1. The first-order valence-corrected chi connectivity index (χ1v) is 10.4. The van der Waals surface area contributed by atoms with Crippen LogP contribution in [0.2, 0.25) is 0 Å². The normalized spacial score (nSPS) is 11.6. The van der Waals surface area contributed by atoms with Crippen molar-refractivity contribution in [3.05, 3.63) is 75.2 Å². The van der Waals surface area contributed by atoms with Crippen molar-refractivity contribution >= 4 is 16.8 Å². The van der Waals surface area contributed by atoms with Crippen LogP contribution < -0.4 is 5.56 Å². The Kier molecular flexibility index (Phi) is 5.13. The van der Waals surface area contributed by atoms with Crippen LogP contribution in [0.4, 0.5) is 0 Å². The van der Waals surface area contributed by atoms with Crippen LogP contribution in [-0.2, 0) is 6.54 Å². The SMILES string of the molecule is Cc1cc(C)cc(-n2ncc3c(=O)n(CC(=O)c4cc(C)n(C(C)C)c4C)cnc32)c1. The smallest absolute Gasteiger partial charge is 0.264 e. The van der Waals surface area contributed by atoms with E-state index in [2.05, 4.69) is 34.6 Å². The molecule has 0 aliphatic heterocycles. The van der Waals surface area contributed by atoms with Gasteiger partial charge in [-0.05, 0) is 70.9 Å². The highest BCUT2D eigenvalue weighted by molar-refractivity contribution is 5.97. The maximum absolute atomic E-state index is 13.1. The van der Waals surface area contributed by atoms with Crippen LogP contribution in [0.3, 0.4) is 0 Å². The van der Waals surface area contributed by atoms with Gasteiger partial charge in [0.25, 0.3) is 5.56 Å². The Balaban J connectivity index is 1.71. The van der Waals surface area contributed by atoms with Crippen molar-refractivity contribution in [3.63, 3.8) is 0 Å². The number of Topliss-reactive ketones (excluding diaryl/α,β-unsaturated/α-hetero) is 1. The number of aryl methyl sites for hydroxylation is 3. The number of aromatic nitrogens is 5. The van der Waals surface area contributed by atoms with Gasteiger partial charge in [0.2, 0.25) is 0 Å². The number of hydrogen-bond donors (Lipinski definition) is 0. The summed E-state index contributed by atoms with van der Waals surface area (Å²) in [7, 11) is 0. The molecular formula is C24H27N5O2. The number of rotatable bonds is 5. The average Bonchev–Trinajstić information content (AvgIpc) is 3.24. The van der Waals surface area contributed by atoms with Gasteiger partial charge in [-0.2, -0.15) is 5.10 Å². The molecule has 0 fully saturated rings. The van der Waals surface area contributed by atoms with E-state index in [4.69, 9.17) is 0 Å². The Bertz CT molecular complexity index is 1350. The third-order valence-corrected chi connectivity index (χ3v) is 5.62. The summed E-state index contributed by atoms with van der Waals surface area (Å²) in [6.45, 7) is 12.1. The predicted octanol–water partition coefficient (Wildman–Crippen LogP) is 4.08.